The van der Waals surface area contributed by atoms with Crippen LogP contribution in [0.2, 0.25) is 0 Å². The minimum Gasteiger partial charge on any atom is -0.507 e. The number of aromatic carboxylic acids is 1. The summed E-state index contributed by atoms with van der Waals surface area (Å²) >= 11 is 3.18. The minimum atomic E-state index is -0.958. The zero-order valence-electron chi connectivity index (χ0n) is 8.78. The highest BCUT2D eigenvalue weighted by atomic mass is 79.9. The normalized spacial score (nSPS) is 10.9. The highest BCUT2D eigenvalue weighted by Gasteiger charge is 2.18. The van der Waals surface area contributed by atoms with Crippen molar-refractivity contribution in [3.63, 3.8) is 0 Å². The molecule has 0 radical (unpaired) electrons. The lowest BCUT2D eigenvalue weighted by Gasteiger charge is -2.00. The number of carboxylic acids is 1. The van der Waals surface area contributed by atoms with Crippen LogP contribution in [0, 0.1) is 6.92 Å². The summed E-state index contributed by atoms with van der Waals surface area (Å²) in [6.45, 7) is 1.74. The summed E-state index contributed by atoms with van der Waals surface area (Å²) in [5.74, 6) is -0.856. The van der Waals surface area contributed by atoms with Gasteiger partial charge in [-0.05, 0) is 28.9 Å². The first-order valence-electron chi connectivity index (χ1n) is 4.64. The molecule has 0 aliphatic rings. The number of hydrogen-bond acceptors (Lipinski definition) is 2. The number of aromatic hydroxyl groups is 1. The molecule has 2 rings (SSSR count). The highest BCUT2D eigenvalue weighted by Crippen LogP contribution is 2.33. The summed E-state index contributed by atoms with van der Waals surface area (Å²) in [5.41, 5.74) is 1.65. The molecule has 0 unspecified atom stereocenters. The summed E-state index contributed by atoms with van der Waals surface area (Å²) in [7, 11) is 1.78. The second-order valence-electron chi connectivity index (χ2n) is 3.65. The van der Waals surface area contributed by atoms with E-state index in [9.17, 15) is 9.90 Å². The van der Waals surface area contributed by atoms with Gasteiger partial charge in [-0.15, -0.1) is 0 Å². The van der Waals surface area contributed by atoms with Crippen molar-refractivity contribution in [1.82, 2.24) is 4.57 Å². The van der Waals surface area contributed by atoms with Crippen LogP contribution in [0.1, 0.15) is 16.1 Å². The Bertz CT molecular complexity index is 601. The molecular weight excluding hydrogens is 274 g/mol. The number of rotatable bonds is 1. The molecule has 1 aromatic heterocycles. The average molecular weight is 284 g/mol. The first-order chi connectivity index (χ1) is 7.43. The number of aromatic nitrogens is 1. The van der Waals surface area contributed by atoms with Crippen LogP contribution >= 0.6 is 15.9 Å². The lowest BCUT2D eigenvalue weighted by molar-refractivity contribution is 0.0698. The predicted octanol–water partition coefficient (Wildman–Crippen LogP) is 2.65. The molecule has 0 aliphatic carbocycles. The van der Waals surface area contributed by atoms with E-state index in [4.69, 9.17) is 5.11 Å². The van der Waals surface area contributed by atoms with Crippen LogP contribution in [-0.2, 0) is 7.05 Å². The first-order valence-corrected chi connectivity index (χ1v) is 5.43. The van der Waals surface area contributed by atoms with Gasteiger partial charge in [0.1, 0.15) is 5.75 Å². The van der Waals surface area contributed by atoms with Gasteiger partial charge in [0, 0.05) is 24.2 Å². The van der Waals surface area contributed by atoms with Crippen molar-refractivity contribution in [3.05, 3.63) is 27.9 Å². The Balaban J connectivity index is 2.97. The third-order valence-corrected chi connectivity index (χ3v) is 3.41. The van der Waals surface area contributed by atoms with E-state index in [2.05, 4.69) is 15.9 Å². The molecular formula is C11H10BrNO3. The number of phenols is 1. The molecule has 0 spiro atoms. The zero-order valence-corrected chi connectivity index (χ0v) is 10.4. The third kappa shape index (κ3) is 1.39. The second kappa shape index (κ2) is 3.52. The number of hydrogen-bond donors (Lipinski definition) is 2. The van der Waals surface area contributed by atoms with Crippen molar-refractivity contribution in [3.8, 4) is 5.75 Å². The topological polar surface area (TPSA) is 62.5 Å². The van der Waals surface area contributed by atoms with Gasteiger partial charge in [0.2, 0.25) is 0 Å². The Labute approximate surface area is 100 Å². The van der Waals surface area contributed by atoms with Crippen molar-refractivity contribution in [2.45, 2.75) is 6.92 Å². The molecule has 0 fully saturated rings. The Hall–Kier alpha value is -1.49. The number of benzene rings is 1. The molecule has 0 atom stereocenters. The maximum Gasteiger partial charge on any atom is 0.338 e. The molecule has 4 nitrogen and oxygen atoms in total. The molecule has 2 N–H and O–H groups in total. The first kappa shape index (κ1) is 11.0. The van der Waals surface area contributed by atoms with Crippen LogP contribution in [0.15, 0.2) is 16.6 Å². The summed E-state index contributed by atoms with van der Waals surface area (Å²) in [5, 5.41) is 19.3. The van der Waals surface area contributed by atoms with Gasteiger partial charge in [0.05, 0.1) is 15.6 Å². The number of carbonyl (C=O) groups is 1. The molecule has 0 saturated carbocycles. The Morgan fingerprint density at radius 1 is 1.44 bits per heavy atom. The maximum atomic E-state index is 11.2. The van der Waals surface area contributed by atoms with E-state index < -0.39 is 5.97 Å². The maximum absolute atomic E-state index is 11.2. The van der Waals surface area contributed by atoms with Crippen molar-refractivity contribution in [2.24, 2.45) is 7.05 Å². The van der Waals surface area contributed by atoms with E-state index in [0.29, 0.717) is 21.1 Å². The zero-order chi connectivity index (χ0) is 12.0. The minimum absolute atomic E-state index is 0.102. The molecule has 5 heteroatoms. The van der Waals surface area contributed by atoms with E-state index in [0.717, 1.165) is 0 Å². The Morgan fingerprint density at radius 3 is 2.62 bits per heavy atom. The van der Waals surface area contributed by atoms with E-state index in [1.54, 1.807) is 30.7 Å². The van der Waals surface area contributed by atoms with Crippen molar-refractivity contribution >= 4 is 32.8 Å². The van der Waals surface area contributed by atoms with Crippen molar-refractivity contribution in [1.29, 1.82) is 0 Å². The Kier molecular flexibility index (Phi) is 2.42. The lowest BCUT2D eigenvalue weighted by atomic mass is 10.1. The number of fused-ring (bicyclic) bond motifs is 1. The van der Waals surface area contributed by atoms with Crippen LogP contribution in [-0.4, -0.2) is 20.7 Å². The van der Waals surface area contributed by atoms with Gasteiger partial charge in [0.15, 0.2) is 0 Å². The molecule has 0 aliphatic heterocycles. The van der Waals surface area contributed by atoms with Crippen molar-refractivity contribution in [2.75, 3.05) is 0 Å². The summed E-state index contributed by atoms with van der Waals surface area (Å²) in [6.07, 6.45) is 0. The number of phenolic OH excluding ortho intramolecular Hbond substituents is 1. The molecule has 0 saturated heterocycles. The van der Waals surface area contributed by atoms with Gasteiger partial charge in [0.25, 0.3) is 0 Å². The quantitative estimate of drug-likeness (QED) is 0.846. The largest absolute Gasteiger partial charge is 0.507 e. The fourth-order valence-corrected chi connectivity index (χ4v) is 2.19. The van der Waals surface area contributed by atoms with E-state index in [1.807, 2.05) is 0 Å². The highest BCUT2D eigenvalue weighted by molar-refractivity contribution is 9.10. The van der Waals surface area contributed by atoms with Gasteiger partial charge in [-0.1, -0.05) is 0 Å². The second-order valence-corrected chi connectivity index (χ2v) is 4.50. The monoisotopic (exact) mass is 283 g/mol. The van der Waals surface area contributed by atoms with E-state index in [-0.39, 0.29) is 11.3 Å². The number of carboxylic acid groups (broad SMARTS) is 1. The van der Waals surface area contributed by atoms with Gasteiger partial charge in [-0.3, -0.25) is 0 Å². The van der Waals surface area contributed by atoms with Gasteiger partial charge in [-0.25, -0.2) is 4.79 Å². The summed E-state index contributed by atoms with van der Waals surface area (Å²) in [4.78, 5) is 11.2. The fourth-order valence-electron chi connectivity index (χ4n) is 1.84. The van der Waals surface area contributed by atoms with Crippen LogP contribution in [0.4, 0.5) is 0 Å². The molecule has 84 valence electrons. The van der Waals surface area contributed by atoms with Crippen LogP contribution in [0.25, 0.3) is 10.9 Å². The lowest BCUT2D eigenvalue weighted by Crippen LogP contribution is -1.99. The molecule has 0 amide bonds. The average Bonchev–Trinajstić information content (AvgIpc) is 2.42. The summed E-state index contributed by atoms with van der Waals surface area (Å²) in [6, 6.07) is 3.18. The molecule has 0 bridgehead atoms. The standard InChI is InChI=1S/C11H10BrNO3/c1-5-10(11(15)16)6-3-7(12)9(14)4-8(6)13(5)2/h3-4,14H,1-2H3,(H,15,16). The van der Waals surface area contributed by atoms with Crippen LogP contribution in [0.5, 0.6) is 5.75 Å². The number of nitrogens with zero attached hydrogens (tertiary/aromatic N) is 1. The Morgan fingerprint density at radius 2 is 2.06 bits per heavy atom. The smallest absolute Gasteiger partial charge is 0.338 e. The molecule has 2 aromatic rings. The summed E-state index contributed by atoms with van der Waals surface area (Å²) < 4.78 is 2.25. The van der Waals surface area contributed by atoms with Gasteiger partial charge in [-0.2, -0.15) is 0 Å². The fraction of sp³-hybridized carbons (Fsp3) is 0.182. The van der Waals surface area contributed by atoms with Crippen LogP contribution < -0.4 is 0 Å². The van der Waals surface area contributed by atoms with Crippen molar-refractivity contribution < 1.29 is 15.0 Å². The predicted molar refractivity (Wildman–Crippen MR) is 64.0 cm³/mol. The SMILES string of the molecule is Cc1c(C(=O)O)c2cc(Br)c(O)cc2n1C. The van der Waals surface area contributed by atoms with E-state index >= 15 is 0 Å². The van der Waals surface area contributed by atoms with E-state index in [1.165, 1.54) is 0 Å². The molecule has 1 heterocycles. The third-order valence-electron chi connectivity index (χ3n) is 2.77. The number of halogens is 1. The van der Waals surface area contributed by atoms with Gasteiger partial charge >= 0.3 is 5.97 Å². The molecule has 1 aromatic carbocycles. The van der Waals surface area contributed by atoms with Gasteiger partial charge < -0.3 is 14.8 Å². The molecule has 16 heavy (non-hydrogen) atoms. The van der Waals surface area contributed by atoms with Crippen LogP contribution in [0.3, 0.4) is 0 Å². The number of aryl methyl sites for hydroxylation is 1.